The molecule has 1 fully saturated rings. The van der Waals surface area contributed by atoms with Crippen LogP contribution in [0.1, 0.15) is 35.8 Å². The van der Waals surface area contributed by atoms with E-state index in [9.17, 15) is 9.59 Å². The third-order valence-electron chi connectivity index (χ3n) is 6.49. The highest BCUT2D eigenvalue weighted by Crippen LogP contribution is 2.42. The summed E-state index contributed by atoms with van der Waals surface area (Å²) in [6.45, 7) is 3.06. The number of H-pyrrole nitrogens is 1. The van der Waals surface area contributed by atoms with E-state index in [0.717, 1.165) is 35.1 Å². The van der Waals surface area contributed by atoms with E-state index in [1.54, 1.807) is 0 Å². The number of nitrogens with one attached hydrogen (secondary N) is 1. The molecule has 0 spiro atoms. The number of hydrogen-bond donors (Lipinski definition) is 1. The topological polar surface area (TPSA) is 62.4 Å². The predicted octanol–water partition coefficient (Wildman–Crippen LogP) is 3.04. The molecule has 1 aliphatic heterocycles. The number of likely N-dealkylation sites (tertiary alicyclic amines) is 1. The van der Waals surface area contributed by atoms with Gasteiger partial charge in [0.15, 0.2) is 5.78 Å². The van der Waals surface area contributed by atoms with Crippen molar-refractivity contribution < 1.29 is 14.3 Å². The van der Waals surface area contributed by atoms with Crippen LogP contribution in [0.3, 0.4) is 0 Å². The Morgan fingerprint density at radius 2 is 2.08 bits per heavy atom. The quantitative estimate of drug-likeness (QED) is 0.842. The van der Waals surface area contributed by atoms with Gasteiger partial charge in [-0.1, -0.05) is 31.5 Å². The molecule has 5 nitrogen and oxygen atoms in total. The van der Waals surface area contributed by atoms with Gasteiger partial charge in [-0.25, -0.2) is 0 Å². The molecule has 1 aliphatic carbocycles. The van der Waals surface area contributed by atoms with Gasteiger partial charge in [-0.15, -0.1) is 0 Å². The molecule has 1 aromatic heterocycles. The van der Waals surface area contributed by atoms with Crippen LogP contribution in [-0.4, -0.2) is 48.4 Å². The first-order valence-electron chi connectivity index (χ1n) is 9.46. The Balaban J connectivity index is 1.88. The van der Waals surface area contributed by atoms with Crippen molar-refractivity contribution in [1.82, 2.24) is 9.88 Å². The summed E-state index contributed by atoms with van der Waals surface area (Å²) < 4.78 is 5.17. The molecule has 2 heterocycles. The second-order valence-electron chi connectivity index (χ2n) is 7.74. The van der Waals surface area contributed by atoms with E-state index in [1.165, 1.54) is 7.11 Å². The Hall–Kier alpha value is -2.14. The van der Waals surface area contributed by atoms with Crippen molar-refractivity contribution in [2.45, 2.75) is 32.2 Å². The number of nitrogens with zero attached hydrogens (tertiary/aromatic N) is 1. The third kappa shape index (κ3) is 2.57. The number of carbonyl (C=O) groups is 2. The lowest BCUT2D eigenvalue weighted by molar-refractivity contribution is -0.154. The molecule has 138 valence electrons. The molecule has 0 amide bonds. The highest BCUT2D eigenvalue weighted by molar-refractivity contribution is 6.03. The number of hydrogen-bond acceptors (Lipinski definition) is 4. The molecule has 0 unspecified atom stereocenters. The molecule has 0 saturated carbocycles. The van der Waals surface area contributed by atoms with E-state index in [-0.39, 0.29) is 29.6 Å². The predicted molar refractivity (Wildman–Crippen MR) is 100 cm³/mol. The fourth-order valence-corrected chi connectivity index (χ4v) is 5.15. The molecule has 4 atom stereocenters. The Bertz CT molecular complexity index is 856. The maximum atomic E-state index is 13.1. The Labute approximate surface area is 153 Å². The fourth-order valence-electron chi connectivity index (χ4n) is 5.15. The van der Waals surface area contributed by atoms with Crippen LogP contribution in [0.4, 0.5) is 0 Å². The molecule has 4 rings (SSSR count). The van der Waals surface area contributed by atoms with E-state index in [1.807, 2.05) is 18.2 Å². The van der Waals surface area contributed by atoms with Crippen molar-refractivity contribution in [3.05, 3.63) is 35.5 Å². The van der Waals surface area contributed by atoms with E-state index in [0.29, 0.717) is 18.8 Å². The molecule has 0 radical (unpaired) electrons. The molecule has 5 heteroatoms. The van der Waals surface area contributed by atoms with Crippen LogP contribution < -0.4 is 0 Å². The number of aromatic amines is 1. The maximum absolute atomic E-state index is 13.1. The molecule has 1 N–H and O–H groups in total. The van der Waals surface area contributed by atoms with Crippen LogP contribution in [-0.2, 0) is 16.0 Å². The number of Topliss-reactive ketones (excluding diaryl/α,β-unsaturated/α-hetero) is 1. The normalized spacial score (nSPS) is 29.1. The second-order valence-corrected chi connectivity index (χ2v) is 7.74. The average Bonchev–Trinajstić information content (AvgIpc) is 3.01. The standard InChI is InChI=1S/C21H26N2O3/c1-4-12-11-23(2)17-9-15-13-7-5-6-8-16(13)22-20(15)18(24)10-14(12)19(17)21(25)26-3/h5-8,12,14,17,19,22H,4,9-11H2,1-3H3/t12-,14-,17-,19+/m0/s1. The van der Waals surface area contributed by atoms with E-state index in [4.69, 9.17) is 4.74 Å². The zero-order valence-corrected chi connectivity index (χ0v) is 15.6. The summed E-state index contributed by atoms with van der Waals surface area (Å²) in [6, 6.07) is 8.10. The molecule has 26 heavy (non-hydrogen) atoms. The number of methoxy groups -OCH3 is 1. The summed E-state index contributed by atoms with van der Waals surface area (Å²) in [4.78, 5) is 31.5. The van der Waals surface area contributed by atoms with Crippen LogP contribution >= 0.6 is 0 Å². The number of piperidine rings is 1. The molecule has 2 aliphatic rings. The number of ketones is 1. The highest BCUT2D eigenvalue weighted by atomic mass is 16.5. The SMILES string of the molecule is CC[C@H]1CN(C)[C@H]2Cc3c([nH]c4ccccc34)C(=O)C[C@@H]1[C@H]2C(=O)OC. The number of benzene rings is 1. The molecule has 2 aromatic rings. The van der Waals surface area contributed by atoms with Gasteiger partial charge in [0.25, 0.3) is 0 Å². The van der Waals surface area contributed by atoms with Gasteiger partial charge in [-0.05, 0) is 36.9 Å². The van der Waals surface area contributed by atoms with Gasteiger partial charge in [0, 0.05) is 29.9 Å². The van der Waals surface area contributed by atoms with Crippen LogP contribution in [0.2, 0.25) is 0 Å². The summed E-state index contributed by atoms with van der Waals surface area (Å²) in [5.74, 6) is 0.0584. The lowest BCUT2D eigenvalue weighted by Crippen LogP contribution is -2.56. The smallest absolute Gasteiger partial charge is 0.310 e. The summed E-state index contributed by atoms with van der Waals surface area (Å²) in [7, 11) is 3.55. The Morgan fingerprint density at radius 3 is 2.81 bits per heavy atom. The molecule has 1 aromatic carbocycles. The fraction of sp³-hybridized carbons (Fsp3) is 0.524. The number of fused-ring (bicyclic) bond motifs is 5. The molecule has 2 bridgehead atoms. The average molecular weight is 354 g/mol. The van der Waals surface area contributed by atoms with Gasteiger partial charge in [0.2, 0.25) is 0 Å². The van der Waals surface area contributed by atoms with Crippen molar-refractivity contribution in [3.8, 4) is 0 Å². The largest absolute Gasteiger partial charge is 0.469 e. The monoisotopic (exact) mass is 354 g/mol. The van der Waals surface area contributed by atoms with Crippen LogP contribution in [0, 0.1) is 17.8 Å². The number of ether oxygens (including phenoxy) is 1. The third-order valence-corrected chi connectivity index (χ3v) is 6.49. The van der Waals surface area contributed by atoms with Crippen LogP contribution in [0.25, 0.3) is 10.9 Å². The van der Waals surface area contributed by atoms with Gasteiger partial charge in [-0.3, -0.25) is 9.59 Å². The zero-order chi connectivity index (χ0) is 18.4. The summed E-state index contributed by atoms with van der Waals surface area (Å²) in [5.41, 5.74) is 2.77. The Kier molecular flexibility index (Phi) is 4.35. The number of para-hydroxylation sites is 1. The lowest BCUT2D eigenvalue weighted by Gasteiger charge is -2.47. The van der Waals surface area contributed by atoms with Crippen molar-refractivity contribution in [1.29, 1.82) is 0 Å². The van der Waals surface area contributed by atoms with E-state index >= 15 is 0 Å². The number of carbonyl (C=O) groups excluding carboxylic acids is 2. The second kappa shape index (κ2) is 6.54. The summed E-state index contributed by atoms with van der Waals surface area (Å²) in [5, 5.41) is 1.09. The van der Waals surface area contributed by atoms with Gasteiger partial charge < -0.3 is 14.6 Å². The number of likely N-dealkylation sites (N-methyl/N-ethyl adjacent to an activating group) is 1. The first kappa shape index (κ1) is 17.3. The summed E-state index contributed by atoms with van der Waals surface area (Å²) in [6.07, 6.45) is 2.05. The number of rotatable bonds is 2. The van der Waals surface area contributed by atoms with E-state index < -0.39 is 0 Å². The minimum Gasteiger partial charge on any atom is -0.469 e. The minimum absolute atomic E-state index is 0.0423. The van der Waals surface area contributed by atoms with Crippen LogP contribution in [0.5, 0.6) is 0 Å². The maximum Gasteiger partial charge on any atom is 0.310 e. The van der Waals surface area contributed by atoms with Gasteiger partial charge in [-0.2, -0.15) is 0 Å². The van der Waals surface area contributed by atoms with Crippen molar-refractivity contribution in [2.75, 3.05) is 20.7 Å². The highest BCUT2D eigenvalue weighted by Gasteiger charge is 2.48. The van der Waals surface area contributed by atoms with E-state index in [2.05, 4.69) is 29.9 Å². The van der Waals surface area contributed by atoms with Gasteiger partial charge in [0.05, 0.1) is 18.7 Å². The van der Waals surface area contributed by atoms with Crippen molar-refractivity contribution in [2.24, 2.45) is 17.8 Å². The zero-order valence-electron chi connectivity index (χ0n) is 15.6. The first-order chi connectivity index (χ1) is 12.5. The number of esters is 1. The Morgan fingerprint density at radius 1 is 1.31 bits per heavy atom. The molecular formula is C21H26N2O3. The van der Waals surface area contributed by atoms with Gasteiger partial charge >= 0.3 is 5.97 Å². The summed E-state index contributed by atoms with van der Waals surface area (Å²) >= 11 is 0. The minimum atomic E-state index is -0.255. The van der Waals surface area contributed by atoms with Crippen LogP contribution in [0.15, 0.2) is 24.3 Å². The number of aromatic nitrogens is 1. The van der Waals surface area contributed by atoms with Gasteiger partial charge in [0.1, 0.15) is 0 Å². The molecular weight excluding hydrogens is 328 g/mol. The van der Waals surface area contributed by atoms with Crippen molar-refractivity contribution >= 4 is 22.7 Å². The van der Waals surface area contributed by atoms with Crippen molar-refractivity contribution in [3.63, 3.8) is 0 Å². The lowest BCUT2D eigenvalue weighted by atomic mass is 9.67. The first-order valence-corrected chi connectivity index (χ1v) is 9.46. The molecule has 1 saturated heterocycles.